The highest BCUT2D eigenvalue weighted by molar-refractivity contribution is 6.32. The van der Waals surface area contributed by atoms with Crippen LogP contribution in [-0.4, -0.2) is 28.2 Å². The molecular weight excluding hydrogens is 421 g/mol. The number of carbonyl (C=O) groups is 2. The van der Waals surface area contributed by atoms with Gasteiger partial charge in [0.05, 0.1) is 10.6 Å². The maximum atomic E-state index is 12.6. The first-order valence-corrected chi connectivity index (χ1v) is 9.64. The molecule has 2 aromatic heterocycles. The maximum absolute atomic E-state index is 12.6. The fraction of sp³-hybridized carbons (Fsp3) is 0.400. The van der Waals surface area contributed by atoms with Crippen LogP contribution in [0.5, 0.6) is 0 Å². The smallest absolute Gasteiger partial charge is 0.369 e. The Labute approximate surface area is 177 Å². The van der Waals surface area contributed by atoms with Crippen LogP contribution < -0.4 is 10.6 Å². The Balaban J connectivity index is 1.92. The van der Waals surface area contributed by atoms with Crippen molar-refractivity contribution in [3.05, 3.63) is 46.2 Å². The van der Waals surface area contributed by atoms with E-state index in [0.717, 1.165) is 6.07 Å². The van der Waals surface area contributed by atoms with Crippen molar-refractivity contribution in [2.75, 3.05) is 17.2 Å². The molecule has 0 saturated heterocycles. The largest absolute Gasteiger partial charge is 0.417 e. The Morgan fingerprint density at radius 3 is 2.50 bits per heavy atom. The fourth-order valence-corrected chi connectivity index (χ4v) is 2.72. The molecule has 0 spiro atoms. The summed E-state index contributed by atoms with van der Waals surface area (Å²) in [4.78, 5) is 32.2. The Morgan fingerprint density at radius 2 is 1.90 bits per heavy atom. The molecule has 1 amide bonds. The molecule has 2 heterocycles. The van der Waals surface area contributed by atoms with E-state index in [1.54, 1.807) is 26.8 Å². The number of Topliss-reactive ketones (excluding diaryl/α,β-unsaturated/α-hetero) is 1. The van der Waals surface area contributed by atoms with Crippen molar-refractivity contribution < 1.29 is 22.8 Å². The van der Waals surface area contributed by atoms with Crippen LogP contribution in [0.2, 0.25) is 5.02 Å². The number of nitrogens with zero attached hydrogens (tertiary/aromatic N) is 2. The molecule has 2 aromatic rings. The molecule has 0 fully saturated rings. The molecule has 6 nitrogen and oxygen atoms in total. The van der Waals surface area contributed by atoms with Crippen molar-refractivity contribution in [2.45, 2.75) is 39.8 Å². The molecule has 0 saturated carbocycles. The maximum Gasteiger partial charge on any atom is 0.417 e. The minimum atomic E-state index is -4.52. The van der Waals surface area contributed by atoms with E-state index in [-0.39, 0.29) is 34.9 Å². The van der Waals surface area contributed by atoms with Crippen LogP contribution >= 0.6 is 11.6 Å². The third-order valence-electron chi connectivity index (χ3n) is 4.09. The van der Waals surface area contributed by atoms with E-state index in [2.05, 4.69) is 20.6 Å². The second-order valence-electron chi connectivity index (χ2n) is 7.03. The van der Waals surface area contributed by atoms with Crippen molar-refractivity contribution in [2.24, 2.45) is 5.92 Å². The zero-order chi connectivity index (χ0) is 22.5. The van der Waals surface area contributed by atoms with Gasteiger partial charge < -0.3 is 10.6 Å². The summed E-state index contributed by atoms with van der Waals surface area (Å²) in [5.74, 6) is -0.125. The zero-order valence-electron chi connectivity index (χ0n) is 16.7. The van der Waals surface area contributed by atoms with Crippen LogP contribution in [0.25, 0.3) is 0 Å². The van der Waals surface area contributed by atoms with Gasteiger partial charge in [-0.15, -0.1) is 0 Å². The lowest BCUT2D eigenvalue weighted by atomic mass is 10.1. The van der Waals surface area contributed by atoms with Crippen molar-refractivity contribution in [3.8, 4) is 0 Å². The number of hydrogen-bond donors (Lipinski definition) is 2. The molecule has 0 aliphatic heterocycles. The van der Waals surface area contributed by atoms with Gasteiger partial charge >= 0.3 is 6.18 Å². The number of pyridine rings is 2. The van der Waals surface area contributed by atoms with E-state index >= 15 is 0 Å². The van der Waals surface area contributed by atoms with Gasteiger partial charge in [0.1, 0.15) is 11.6 Å². The molecular formula is C20H22ClF3N4O2. The van der Waals surface area contributed by atoms with Crippen LogP contribution in [0, 0.1) is 12.8 Å². The molecule has 30 heavy (non-hydrogen) atoms. The van der Waals surface area contributed by atoms with Crippen molar-refractivity contribution >= 4 is 34.9 Å². The summed E-state index contributed by atoms with van der Waals surface area (Å²) in [5.41, 5.74) is 0.0904. The topological polar surface area (TPSA) is 84.0 Å². The first kappa shape index (κ1) is 23.6. The lowest BCUT2D eigenvalue weighted by Gasteiger charge is -2.11. The molecule has 0 bridgehead atoms. The number of amides is 1. The molecule has 162 valence electrons. The highest BCUT2D eigenvalue weighted by Gasteiger charge is 2.31. The molecule has 10 heteroatoms. The van der Waals surface area contributed by atoms with Gasteiger partial charge in [-0.2, -0.15) is 13.2 Å². The number of alkyl halides is 3. The van der Waals surface area contributed by atoms with Crippen LogP contribution in [0.3, 0.4) is 0 Å². The van der Waals surface area contributed by atoms with Gasteiger partial charge in [-0.05, 0) is 31.5 Å². The van der Waals surface area contributed by atoms with E-state index in [9.17, 15) is 22.8 Å². The van der Waals surface area contributed by atoms with Crippen LogP contribution in [0.4, 0.5) is 24.8 Å². The molecule has 0 aromatic carbocycles. The van der Waals surface area contributed by atoms with Crippen LogP contribution in [-0.2, 0) is 11.0 Å². The fourth-order valence-electron chi connectivity index (χ4n) is 2.49. The van der Waals surface area contributed by atoms with Gasteiger partial charge in [0, 0.05) is 36.3 Å². The molecule has 2 N–H and O–H groups in total. The average Bonchev–Trinajstić information content (AvgIpc) is 2.64. The van der Waals surface area contributed by atoms with Gasteiger partial charge in [-0.3, -0.25) is 9.59 Å². The number of carbonyl (C=O) groups excluding carboxylic acids is 2. The number of rotatable bonds is 8. The SMILES string of the molecule is Cc1cc(C(=O)CCCNc2ncc(C(F)(F)F)cc2Cl)cc(NC(=O)C(C)C)n1. The number of halogens is 4. The molecule has 0 aliphatic carbocycles. The van der Waals surface area contributed by atoms with E-state index < -0.39 is 11.7 Å². The highest BCUT2D eigenvalue weighted by Crippen LogP contribution is 2.32. The zero-order valence-corrected chi connectivity index (χ0v) is 17.5. The average molecular weight is 443 g/mol. The van der Waals surface area contributed by atoms with Gasteiger partial charge in [-0.25, -0.2) is 9.97 Å². The van der Waals surface area contributed by atoms with Gasteiger partial charge in [0.15, 0.2) is 5.78 Å². The first-order valence-electron chi connectivity index (χ1n) is 9.26. The predicted octanol–water partition coefficient (Wildman–Crippen LogP) is 5.13. The molecule has 2 rings (SSSR count). The Hall–Kier alpha value is -2.68. The van der Waals surface area contributed by atoms with Crippen molar-refractivity contribution in [3.63, 3.8) is 0 Å². The highest BCUT2D eigenvalue weighted by atomic mass is 35.5. The summed E-state index contributed by atoms with van der Waals surface area (Å²) in [5, 5.41) is 5.35. The van der Waals surface area contributed by atoms with Gasteiger partial charge in [-0.1, -0.05) is 25.4 Å². The minimum absolute atomic E-state index is 0.121. The molecule has 0 atom stereocenters. The monoisotopic (exact) mass is 442 g/mol. The van der Waals surface area contributed by atoms with E-state index in [4.69, 9.17) is 11.6 Å². The summed E-state index contributed by atoms with van der Waals surface area (Å²) >= 11 is 5.84. The Bertz CT molecular complexity index is 933. The third kappa shape index (κ3) is 6.69. The van der Waals surface area contributed by atoms with Gasteiger partial charge in [0.25, 0.3) is 0 Å². The number of nitrogens with one attached hydrogen (secondary N) is 2. The Kier molecular flexibility index (Phi) is 7.77. The second kappa shape index (κ2) is 9.88. The molecule has 0 aliphatic rings. The van der Waals surface area contributed by atoms with Crippen LogP contribution in [0.1, 0.15) is 48.3 Å². The van der Waals surface area contributed by atoms with E-state index in [1.807, 2.05) is 0 Å². The first-order chi connectivity index (χ1) is 14.0. The lowest BCUT2D eigenvalue weighted by molar-refractivity contribution is -0.137. The third-order valence-corrected chi connectivity index (χ3v) is 4.38. The predicted molar refractivity (Wildman–Crippen MR) is 109 cm³/mol. The quantitative estimate of drug-likeness (QED) is 0.437. The standard InChI is InChI=1S/C20H22ClF3N4O2/c1-11(2)19(30)28-17-8-13(7-12(3)27-17)16(29)5-4-6-25-18-15(21)9-14(10-26-18)20(22,23)24/h7-11H,4-6H2,1-3H3,(H,25,26)(H,27,28,30). The summed E-state index contributed by atoms with van der Waals surface area (Å²) < 4.78 is 37.9. The normalized spacial score (nSPS) is 11.5. The summed E-state index contributed by atoms with van der Waals surface area (Å²) in [7, 11) is 0. The second-order valence-corrected chi connectivity index (χ2v) is 7.44. The van der Waals surface area contributed by atoms with E-state index in [0.29, 0.717) is 36.2 Å². The number of hydrogen-bond acceptors (Lipinski definition) is 5. The van der Waals surface area contributed by atoms with E-state index in [1.165, 1.54) is 6.07 Å². The molecule has 0 radical (unpaired) electrons. The number of aromatic nitrogens is 2. The van der Waals surface area contributed by atoms with Crippen molar-refractivity contribution in [1.29, 1.82) is 0 Å². The van der Waals surface area contributed by atoms with Crippen LogP contribution in [0.15, 0.2) is 24.4 Å². The summed E-state index contributed by atoms with van der Waals surface area (Å²) in [6.45, 7) is 5.52. The molecule has 0 unspecified atom stereocenters. The number of aryl methyl sites for hydroxylation is 1. The lowest BCUT2D eigenvalue weighted by Crippen LogP contribution is -2.19. The van der Waals surface area contributed by atoms with Crippen molar-refractivity contribution in [1.82, 2.24) is 9.97 Å². The number of anilines is 2. The Morgan fingerprint density at radius 1 is 1.20 bits per heavy atom. The minimum Gasteiger partial charge on any atom is -0.369 e. The summed E-state index contributed by atoms with van der Waals surface area (Å²) in [6, 6.07) is 3.96. The number of ketones is 1. The van der Waals surface area contributed by atoms with Gasteiger partial charge in [0.2, 0.25) is 5.91 Å². The summed E-state index contributed by atoms with van der Waals surface area (Å²) in [6.07, 6.45) is -3.22.